The molecule has 0 aliphatic heterocycles. The minimum absolute atomic E-state index is 0.0811. The smallest absolute Gasteiger partial charge is 0.242 e. The molecule has 0 radical (unpaired) electrons. The van der Waals surface area contributed by atoms with Gasteiger partial charge in [0.25, 0.3) is 0 Å². The molecule has 0 atom stereocenters. The van der Waals surface area contributed by atoms with Crippen LogP contribution < -0.4 is 15.9 Å². The highest BCUT2D eigenvalue weighted by molar-refractivity contribution is 6.32. The molecule has 0 saturated heterocycles. The third-order valence-corrected chi connectivity index (χ3v) is 2.21. The first-order valence-electron chi connectivity index (χ1n) is 4.92. The molecule has 0 unspecified atom stereocenters. The number of hydrogen-bond acceptors (Lipinski definition) is 5. The zero-order valence-electron chi connectivity index (χ0n) is 9.24. The van der Waals surface area contributed by atoms with Crippen molar-refractivity contribution in [1.29, 1.82) is 0 Å². The van der Waals surface area contributed by atoms with Crippen molar-refractivity contribution in [3.63, 3.8) is 0 Å². The molecule has 0 bridgehead atoms. The van der Waals surface area contributed by atoms with Crippen LogP contribution in [0.2, 0.25) is 0 Å². The molecule has 1 aromatic carbocycles. The van der Waals surface area contributed by atoms with Crippen LogP contribution in [-0.4, -0.2) is 12.1 Å². The minimum atomic E-state index is -0.874. The van der Waals surface area contributed by atoms with Gasteiger partial charge < -0.3 is 11.1 Å². The van der Waals surface area contributed by atoms with Gasteiger partial charge in [-0.3, -0.25) is 9.59 Å². The molecule has 0 aromatic heterocycles. The van der Waals surface area contributed by atoms with Gasteiger partial charge in [0.1, 0.15) is 5.82 Å². The predicted molar refractivity (Wildman–Crippen MR) is 66.1 cm³/mol. The summed E-state index contributed by atoms with van der Waals surface area (Å²) in [5, 5.41) is 2.51. The summed E-state index contributed by atoms with van der Waals surface area (Å²) < 4.78 is 13.4. The summed E-state index contributed by atoms with van der Waals surface area (Å²) in [6, 6.07) is 4.30. The molecule has 5 nitrogen and oxygen atoms in total. The van der Waals surface area contributed by atoms with Crippen molar-refractivity contribution >= 4 is 29.5 Å². The van der Waals surface area contributed by atoms with E-state index < -0.39 is 11.6 Å². The molecule has 0 fully saturated rings. The SMILES string of the molecule is N/C(=C\Nc1cc(CNCl)ccc1F)C(=O)C=O. The topological polar surface area (TPSA) is 84.2 Å². The molecule has 4 N–H and O–H groups in total. The Balaban J connectivity index is 2.86. The number of allylic oxidation sites excluding steroid dienone is 1. The largest absolute Gasteiger partial charge is 0.394 e. The number of anilines is 1. The number of ketones is 1. The number of nitrogens with two attached hydrogens (primary N) is 1. The van der Waals surface area contributed by atoms with Crippen LogP contribution in [0, 0.1) is 5.82 Å². The predicted octanol–water partition coefficient (Wildman–Crippen LogP) is 1.05. The van der Waals surface area contributed by atoms with E-state index >= 15 is 0 Å². The molecular weight excluding hydrogens is 261 g/mol. The van der Waals surface area contributed by atoms with Crippen LogP contribution in [0.25, 0.3) is 0 Å². The second-order valence-corrected chi connectivity index (χ2v) is 3.62. The van der Waals surface area contributed by atoms with E-state index in [1.54, 1.807) is 6.07 Å². The van der Waals surface area contributed by atoms with Gasteiger partial charge in [-0.05, 0) is 29.5 Å². The van der Waals surface area contributed by atoms with Crippen LogP contribution in [-0.2, 0) is 16.1 Å². The lowest BCUT2D eigenvalue weighted by atomic mass is 10.2. The standard InChI is InChI=1S/C11H11ClFN3O2/c12-16-4-7-1-2-8(13)10(3-7)15-5-9(14)11(18)6-17/h1-3,5-6,15-16H,4,14H2/b9-5-. The van der Waals surface area contributed by atoms with Crippen molar-refractivity contribution in [2.75, 3.05) is 5.32 Å². The number of carbonyl (C=O) groups is 2. The fourth-order valence-corrected chi connectivity index (χ4v) is 1.32. The first-order valence-corrected chi connectivity index (χ1v) is 5.30. The number of aldehydes is 1. The Bertz CT molecular complexity index is 491. The Morgan fingerprint density at radius 1 is 1.50 bits per heavy atom. The van der Waals surface area contributed by atoms with Gasteiger partial charge in [0, 0.05) is 12.7 Å². The van der Waals surface area contributed by atoms with E-state index in [9.17, 15) is 14.0 Å². The Morgan fingerprint density at radius 3 is 2.83 bits per heavy atom. The molecule has 0 saturated carbocycles. The van der Waals surface area contributed by atoms with Gasteiger partial charge in [0.05, 0.1) is 11.4 Å². The van der Waals surface area contributed by atoms with Crippen molar-refractivity contribution in [2.45, 2.75) is 6.54 Å². The molecule has 96 valence electrons. The number of Topliss-reactive ketones (excluding diaryl/α,β-unsaturated/α-hetero) is 1. The quantitative estimate of drug-likeness (QED) is 0.312. The highest BCUT2D eigenvalue weighted by Gasteiger charge is 2.05. The number of rotatable bonds is 6. The van der Waals surface area contributed by atoms with E-state index in [1.807, 2.05) is 0 Å². The van der Waals surface area contributed by atoms with Gasteiger partial charge in [-0.25, -0.2) is 9.23 Å². The van der Waals surface area contributed by atoms with Gasteiger partial charge in [0.15, 0.2) is 6.29 Å². The maximum Gasteiger partial charge on any atom is 0.242 e. The maximum absolute atomic E-state index is 13.4. The van der Waals surface area contributed by atoms with Crippen LogP contribution in [0.1, 0.15) is 5.56 Å². The Kier molecular flexibility index (Phi) is 5.29. The lowest BCUT2D eigenvalue weighted by Gasteiger charge is -2.06. The first kappa shape index (κ1) is 14.1. The Morgan fingerprint density at radius 2 is 2.22 bits per heavy atom. The zero-order chi connectivity index (χ0) is 13.5. The van der Waals surface area contributed by atoms with Crippen LogP contribution in [0.4, 0.5) is 10.1 Å². The first-order chi connectivity index (χ1) is 8.58. The summed E-state index contributed by atoms with van der Waals surface area (Å²) >= 11 is 5.34. The molecule has 0 aliphatic rings. The third-order valence-electron chi connectivity index (χ3n) is 2.08. The molecular formula is C11H11ClFN3O2. The monoisotopic (exact) mass is 271 g/mol. The van der Waals surface area contributed by atoms with Crippen LogP contribution in [0.15, 0.2) is 30.1 Å². The van der Waals surface area contributed by atoms with Gasteiger partial charge in [-0.2, -0.15) is 0 Å². The van der Waals surface area contributed by atoms with E-state index in [0.717, 1.165) is 11.8 Å². The summed E-state index contributed by atoms with van der Waals surface area (Å²) in [5.41, 5.74) is 5.85. The van der Waals surface area contributed by atoms with Crippen molar-refractivity contribution in [1.82, 2.24) is 4.84 Å². The van der Waals surface area contributed by atoms with E-state index in [0.29, 0.717) is 6.54 Å². The molecule has 0 heterocycles. The Hall–Kier alpha value is -1.92. The molecule has 1 rings (SSSR count). The lowest BCUT2D eigenvalue weighted by molar-refractivity contribution is -0.127. The molecule has 0 amide bonds. The summed E-state index contributed by atoms with van der Waals surface area (Å²) in [7, 11) is 0. The van der Waals surface area contributed by atoms with E-state index in [-0.39, 0.29) is 17.7 Å². The molecule has 7 heteroatoms. The highest BCUT2D eigenvalue weighted by Crippen LogP contribution is 2.16. The second kappa shape index (κ2) is 6.73. The molecule has 1 aromatic rings. The van der Waals surface area contributed by atoms with Gasteiger partial charge >= 0.3 is 0 Å². The number of hydrogen-bond donors (Lipinski definition) is 3. The average molecular weight is 272 g/mol. The van der Waals surface area contributed by atoms with Crippen LogP contribution in [0.5, 0.6) is 0 Å². The number of nitrogens with one attached hydrogen (secondary N) is 2. The fraction of sp³-hybridized carbons (Fsp3) is 0.0909. The van der Waals surface area contributed by atoms with Gasteiger partial charge in [0.2, 0.25) is 5.78 Å². The number of benzene rings is 1. The fourth-order valence-electron chi connectivity index (χ4n) is 1.16. The van der Waals surface area contributed by atoms with Crippen molar-refractivity contribution in [2.24, 2.45) is 5.73 Å². The minimum Gasteiger partial charge on any atom is -0.394 e. The molecule has 0 spiro atoms. The summed E-state index contributed by atoms with van der Waals surface area (Å²) in [4.78, 5) is 23.4. The highest BCUT2D eigenvalue weighted by atomic mass is 35.5. The van der Waals surface area contributed by atoms with Gasteiger partial charge in [-0.1, -0.05) is 6.07 Å². The van der Waals surface area contributed by atoms with Crippen LogP contribution in [0.3, 0.4) is 0 Å². The summed E-state index contributed by atoms with van der Waals surface area (Å²) in [6.07, 6.45) is 1.14. The van der Waals surface area contributed by atoms with E-state index in [4.69, 9.17) is 17.5 Å². The van der Waals surface area contributed by atoms with Gasteiger partial charge in [-0.15, -0.1) is 0 Å². The third kappa shape index (κ3) is 3.83. The zero-order valence-corrected chi connectivity index (χ0v) is 10.00. The average Bonchev–Trinajstić information content (AvgIpc) is 2.38. The van der Waals surface area contributed by atoms with E-state index in [1.165, 1.54) is 12.1 Å². The molecule has 18 heavy (non-hydrogen) atoms. The number of halogens is 2. The number of carbonyl (C=O) groups excluding carboxylic acids is 2. The Labute approximate surface area is 108 Å². The van der Waals surface area contributed by atoms with E-state index in [2.05, 4.69) is 10.2 Å². The normalized spacial score (nSPS) is 11.1. The van der Waals surface area contributed by atoms with Crippen molar-refractivity contribution in [3.05, 3.63) is 41.5 Å². The molecule has 0 aliphatic carbocycles. The lowest BCUT2D eigenvalue weighted by Crippen LogP contribution is -2.14. The second-order valence-electron chi connectivity index (χ2n) is 3.35. The van der Waals surface area contributed by atoms with Crippen LogP contribution >= 0.6 is 11.8 Å². The summed E-state index contributed by atoms with van der Waals surface area (Å²) in [5.74, 6) is -1.39. The summed E-state index contributed by atoms with van der Waals surface area (Å²) in [6.45, 7) is 0.350. The maximum atomic E-state index is 13.4. The van der Waals surface area contributed by atoms with Crippen molar-refractivity contribution < 1.29 is 14.0 Å². The van der Waals surface area contributed by atoms with Crippen molar-refractivity contribution in [3.8, 4) is 0 Å².